The van der Waals surface area contributed by atoms with Crippen LogP contribution in [0.3, 0.4) is 0 Å². The maximum absolute atomic E-state index is 11.6. The van der Waals surface area contributed by atoms with E-state index in [4.69, 9.17) is 11.6 Å². The fraction of sp³-hybridized carbons (Fsp3) is 0.167. The molecule has 18 heavy (non-hydrogen) atoms. The van der Waals surface area contributed by atoms with Gasteiger partial charge < -0.3 is 0 Å². The Morgan fingerprint density at radius 2 is 1.72 bits per heavy atom. The van der Waals surface area contributed by atoms with Crippen LogP contribution in [0.1, 0.15) is 6.92 Å². The number of benzene rings is 1. The summed E-state index contributed by atoms with van der Waals surface area (Å²) in [4.78, 5) is 0.315. The average molecular weight is 283 g/mol. The van der Waals surface area contributed by atoms with Crippen molar-refractivity contribution in [3.05, 3.63) is 41.6 Å². The molecule has 0 bridgehead atoms. The molecule has 0 fully saturated rings. The smallest absolute Gasteiger partial charge is 0.178 e. The molecule has 1 aromatic carbocycles. The minimum atomic E-state index is -3.16. The van der Waals surface area contributed by atoms with Gasteiger partial charge in [-0.05, 0) is 24.3 Å². The maximum atomic E-state index is 11.6. The van der Waals surface area contributed by atoms with Gasteiger partial charge in [0.2, 0.25) is 0 Å². The van der Waals surface area contributed by atoms with Gasteiger partial charge in [-0.2, -0.15) is 0 Å². The lowest BCUT2D eigenvalue weighted by Crippen LogP contribution is -2.03. The topological polar surface area (TPSA) is 59.9 Å². The van der Waals surface area contributed by atoms with Gasteiger partial charge in [0.25, 0.3) is 0 Å². The highest BCUT2D eigenvalue weighted by molar-refractivity contribution is 7.91. The van der Waals surface area contributed by atoms with Crippen molar-refractivity contribution < 1.29 is 8.42 Å². The number of sulfone groups is 1. The van der Waals surface area contributed by atoms with Crippen LogP contribution >= 0.6 is 11.6 Å². The first-order valence-corrected chi connectivity index (χ1v) is 7.38. The number of hydrogen-bond donors (Lipinski definition) is 0. The number of halogens is 1. The van der Waals surface area contributed by atoms with E-state index in [2.05, 4.69) is 10.2 Å². The third-order valence-electron chi connectivity index (χ3n) is 2.52. The zero-order valence-electron chi connectivity index (χ0n) is 9.67. The molecule has 0 amide bonds. The highest BCUT2D eigenvalue weighted by atomic mass is 35.5. The second-order valence-electron chi connectivity index (χ2n) is 3.67. The monoisotopic (exact) mass is 282 g/mol. The zero-order valence-corrected chi connectivity index (χ0v) is 11.2. The lowest BCUT2D eigenvalue weighted by Gasteiger charge is -2.03. The standard InChI is InChI=1S/C12H11ClN2O2S/c1-2-18(16,17)10-5-3-9(4-6-10)11-7-8-12(13)15-14-11/h3-8H,2H2,1H3. The van der Waals surface area contributed by atoms with Crippen LogP contribution in [0.5, 0.6) is 0 Å². The van der Waals surface area contributed by atoms with Gasteiger partial charge in [-0.1, -0.05) is 30.7 Å². The Bertz CT molecular complexity index is 637. The number of nitrogens with zero attached hydrogens (tertiary/aromatic N) is 2. The van der Waals surface area contributed by atoms with Gasteiger partial charge in [0, 0.05) is 5.56 Å². The van der Waals surface area contributed by atoms with E-state index in [1.807, 2.05) is 0 Å². The zero-order chi connectivity index (χ0) is 13.2. The molecule has 6 heteroatoms. The first kappa shape index (κ1) is 13.0. The molecular formula is C12H11ClN2O2S. The molecule has 4 nitrogen and oxygen atoms in total. The van der Waals surface area contributed by atoms with Gasteiger partial charge >= 0.3 is 0 Å². The summed E-state index contributed by atoms with van der Waals surface area (Å²) in [6.07, 6.45) is 0. The first-order chi connectivity index (χ1) is 8.53. The molecule has 0 unspecified atom stereocenters. The molecule has 2 aromatic rings. The number of aromatic nitrogens is 2. The van der Waals surface area contributed by atoms with Crippen LogP contribution in [0.15, 0.2) is 41.3 Å². The summed E-state index contributed by atoms with van der Waals surface area (Å²) in [6, 6.07) is 9.94. The van der Waals surface area contributed by atoms with Crippen molar-refractivity contribution >= 4 is 21.4 Å². The van der Waals surface area contributed by atoms with Crippen LogP contribution in [0.25, 0.3) is 11.3 Å². The van der Waals surface area contributed by atoms with Crippen LogP contribution in [0.2, 0.25) is 5.15 Å². The van der Waals surface area contributed by atoms with Gasteiger partial charge in [0.05, 0.1) is 16.3 Å². The number of rotatable bonds is 3. The fourth-order valence-electron chi connectivity index (χ4n) is 1.47. The predicted octanol–water partition coefficient (Wildman–Crippen LogP) is 2.59. The molecule has 0 radical (unpaired) electrons. The molecule has 1 aromatic heterocycles. The quantitative estimate of drug-likeness (QED) is 0.868. The Morgan fingerprint density at radius 3 is 2.22 bits per heavy atom. The molecule has 0 spiro atoms. The summed E-state index contributed by atoms with van der Waals surface area (Å²) in [5, 5.41) is 7.99. The highest BCUT2D eigenvalue weighted by Gasteiger charge is 2.11. The maximum Gasteiger partial charge on any atom is 0.178 e. The molecule has 0 atom stereocenters. The van der Waals surface area contributed by atoms with Gasteiger partial charge in [-0.3, -0.25) is 0 Å². The third-order valence-corrected chi connectivity index (χ3v) is 4.47. The van der Waals surface area contributed by atoms with Crippen molar-refractivity contribution in [2.24, 2.45) is 0 Å². The van der Waals surface area contributed by atoms with Crippen LogP contribution in [0.4, 0.5) is 0 Å². The van der Waals surface area contributed by atoms with E-state index in [-0.39, 0.29) is 5.75 Å². The molecular weight excluding hydrogens is 272 g/mol. The van der Waals surface area contributed by atoms with E-state index >= 15 is 0 Å². The highest BCUT2D eigenvalue weighted by Crippen LogP contribution is 2.20. The predicted molar refractivity (Wildman–Crippen MR) is 70.2 cm³/mol. The van der Waals surface area contributed by atoms with Crippen LogP contribution in [-0.4, -0.2) is 24.4 Å². The summed E-state index contributed by atoms with van der Waals surface area (Å²) >= 11 is 5.65. The molecule has 1 heterocycles. The third kappa shape index (κ3) is 2.68. The van der Waals surface area contributed by atoms with Gasteiger partial charge in [-0.25, -0.2) is 8.42 Å². The average Bonchev–Trinajstić information content (AvgIpc) is 2.40. The fourth-order valence-corrected chi connectivity index (χ4v) is 2.45. The van der Waals surface area contributed by atoms with Gasteiger partial charge in [-0.15, -0.1) is 10.2 Å². The Labute approximate surface area is 111 Å². The Kier molecular flexibility index (Phi) is 3.63. The molecule has 0 N–H and O–H groups in total. The van der Waals surface area contributed by atoms with E-state index in [0.717, 1.165) is 5.56 Å². The molecule has 2 rings (SSSR count). The van der Waals surface area contributed by atoms with E-state index in [0.29, 0.717) is 15.7 Å². The van der Waals surface area contributed by atoms with Crippen molar-refractivity contribution in [1.82, 2.24) is 10.2 Å². The van der Waals surface area contributed by atoms with Gasteiger partial charge in [0.1, 0.15) is 0 Å². The normalized spacial score (nSPS) is 11.4. The van der Waals surface area contributed by atoms with Crippen molar-refractivity contribution in [2.75, 3.05) is 5.75 Å². The van der Waals surface area contributed by atoms with E-state index in [1.54, 1.807) is 43.3 Å². The molecule has 0 aliphatic carbocycles. The summed E-state index contributed by atoms with van der Waals surface area (Å²) in [6.45, 7) is 1.62. The summed E-state index contributed by atoms with van der Waals surface area (Å²) in [7, 11) is -3.16. The summed E-state index contributed by atoms with van der Waals surface area (Å²) in [5.41, 5.74) is 1.45. The van der Waals surface area contributed by atoms with Crippen molar-refractivity contribution in [3.63, 3.8) is 0 Å². The largest absolute Gasteiger partial charge is 0.224 e. The van der Waals surface area contributed by atoms with E-state index < -0.39 is 9.84 Å². The van der Waals surface area contributed by atoms with Crippen molar-refractivity contribution in [2.45, 2.75) is 11.8 Å². The molecule has 0 aliphatic rings. The summed E-state index contributed by atoms with van der Waals surface area (Å²) < 4.78 is 23.3. The van der Waals surface area contributed by atoms with Crippen LogP contribution in [-0.2, 0) is 9.84 Å². The number of hydrogen-bond acceptors (Lipinski definition) is 4. The Balaban J connectivity index is 2.36. The first-order valence-electron chi connectivity index (χ1n) is 5.35. The Morgan fingerprint density at radius 1 is 1.06 bits per heavy atom. The lowest BCUT2D eigenvalue weighted by molar-refractivity contribution is 0.597. The molecule has 0 saturated heterocycles. The second-order valence-corrected chi connectivity index (χ2v) is 6.33. The Hall–Kier alpha value is -1.46. The molecule has 0 aliphatic heterocycles. The minimum Gasteiger partial charge on any atom is -0.224 e. The summed E-state index contributed by atoms with van der Waals surface area (Å²) in [5.74, 6) is 0.0904. The van der Waals surface area contributed by atoms with Crippen LogP contribution < -0.4 is 0 Å². The second kappa shape index (κ2) is 5.04. The van der Waals surface area contributed by atoms with Crippen molar-refractivity contribution in [1.29, 1.82) is 0 Å². The molecule has 0 saturated carbocycles. The van der Waals surface area contributed by atoms with E-state index in [9.17, 15) is 8.42 Å². The van der Waals surface area contributed by atoms with Gasteiger partial charge in [0.15, 0.2) is 15.0 Å². The van der Waals surface area contributed by atoms with Crippen molar-refractivity contribution in [3.8, 4) is 11.3 Å². The minimum absolute atomic E-state index is 0.0904. The SMILES string of the molecule is CCS(=O)(=O)c1ccc(-c2ccc(Cl)nn2)cc1. The van der Waals surface area contributed by atoms with E-state index in [1.165, 1.54) is 0 Å². The molecule has 94 valence electrons. The van der Waals surface area contributed by atoms with Crippen LogP contribution in [0, 0.1) is 0 Å². The lowest BCUT2D eigenvalue weighted by atomic mass is 10.1.